The molecule has 5 heteroatoms. The van der Waals surface area contributed by atoms with Crippen LogP contribution < -0.4 is 9.47 Å². The molecular formula is C16H21NO4. The van der Waals surface area contributed by atoms with Crippen molar-refractivity contribution in [1.82, 2.24) is 4.90 Å². The predicted molar refractivity (Wildman–Crippen MR) is 77.4 cm³/mol. The van der Waals surface area contributed by atoms with Gasteiger partial charge in [0.2, 0.25) is 12.7 Å². The van der Waals surface area contributed by atoms with Crippen molar-refractivity contribution in [3.63, 3.8) is 0 Å². The molecule has 0 radical (unpaired) electrons. The Hall–Kier alpha value is -1.75. The molecule has 1 atom stereocenters. The van der Waals surface area contributed by atoms with Crippen molar-refractivity contribution in [2.45, 2.75) is 26.3 Å². The first kappa shape index (κ1) is 14.2. The molecule has 0 aliphatic carbocycles. The third-order valence-corrected chi connectivity index (χ3v) is 4.11. The summed E-state index contributed by atoms with van der Waals surface area (Å²) in [6.07, 6.45) is 0.809. The number of carbonyl (C=O) groups excluding carboxylic acids is 1. The summed E-state index contributed by atoms with van der Waals surface area (Å²) in [5.41, 5.74) is 1.16. The number of benzene rings is 1. The third-order valence-electron chi connectivity index (χ3n) is 4.11. The fourth-order valence-electron chi connectivity index (χ4n) is 2.82. The van der Waals surface area contributed by atoms with E-state index >= 15 is 0 Å². The zero-order valence-corrected chi connectivity index (χ0v) is 12.5. The van der Waals surface area contributed by atoms with Gasteiger partial charge in [0.15, 0.2) is 11.5 Å². The Morgan fingerprint density at radius 1 is 1.33 bits per heavy atom. The Morgan fingerprint density at radius 2 is 2.10 bits per heavy atom. The van der Waals surface area contributed by atoms with E-state index in [9.17, 15) is 4.79 Å². The minimum Gasteiger partial charge on any atom is -0.454 e. The van der Waals surface area contributed by atoms with E-state index in [2.05, 4.69) is 6.92 Å². The number of nitrogens with zero attached hydrogens (tertiary/aromatic N) is 1. The van der Waals surface area contributed by atoms with Crippen LogP contribution in [0.5, 0.6) is 11.5 Å². The van der Waals surface area contributed by atoms with Crippen molar-refractivity contribution >= 4 is 5.91 Å². The molecule has 0 bridgehead atoms. The lowest BCUT2D eigenvalue weighted by molar-refractivity contribution is -0.151. The van der Waals surface area contributed by atoms with E-state index in [1.807, 2.05) is 30.0 Å². The summed E-state index contributed by atoms with van der Waals surface area (Å²) in [5, 5.41) is 0. The van der Waals surface area contributed by atoms with Crippen molar-refractivity contribution < 1.29 is 19.0 Å². The van der Waals surface area contributed by atoms with Crippen LogP contribution in [0.1, 0.15) is 19.4 Å². The van der Waals surface area contributed by atoms with Gasteiger partial charge < -0.3 is 19.1 Å². The zero-order chi connectivity index (χ0) is 14.8. The molecule has 1 fully saturated rings. The molecule has 1 unspecified atom stereocenters. The number of hydrogen-bond acceptors (Lipinski definition) is 4. The van der Waals surface area contributed by atoms with Gasteiger partial charge >= 0.3 is 0 Å². The van der Waals surface area contributed by atoms with Gasteiger partial charge in [-0.3, -0.25) is 4.79 Å². The molecule has 2 heterocycles. The van der Waals surface area contributed by atoms with E-state index < -0.39 is 0 Å². The molecule has 2 aliphatic rings. The van der Waals surface area contributed by atoms with Gasteiger partial charge in [0.1, 0.15) is 0 Å². The van der Waals surface area contributed by atoms with Gasteiger partial charge in [-0.1, -0.05) is 6.07 Å². The fourth-order valence-corrected chi connectivity index (χ4v) is 2.82. The Morgan fingerprint density at radius 3 is 2.76 bits per heavy atom. The molecule has 2 aliphatic heterocycles. The van der Waals surface area contributed by atoms with Crippen LogP contribution in [0.15, 0.2) is 18.2 Å². The first-order chi connectivity index (χ1) is 10.2. The van der Waals surface area contributed by atoms with Crippen molar-refractivity contribution in [3.05, 3.63) is 23.8 Å². The topological polar surface area (TPSA) is 48.0 Å². The fraction of sp³-hybridized carbons (Fsp3) is 0.562. The molecular weight excluding hydrogens is 270 g/mol. The smallest absolute Gasteiger partial charge is 0.231 e. The van der Waals surface area contributed by atoms with E-state index in [1.54, 1.807) is 0 Å². The maximum absolute atomic E-state index is 12.4. The number of fused-ring (bicyclic) bond motifs is 1. The van der Waals surface area contributed by atoms with Gasteiger partial charge in [-0.2, -0.15) is 0 Å². The summed E-state index contributed by atoms with van der Waals surface area (Å²) in [7, 11) is 0. The van der Waals surface area contributed by atoms with Crippen LogP contribution in [0.2, 0.25) is 0 Å². The third kappa shape index (κ3) is 2.83. The normalized spacial score (nSPS) is 18.2. The highest BCUT2D eigenvalue weighted by Gasteiger charge is 2.32. The predicted octanol–water partition coefficient (Wildman–Crippen LogP) is 1.84. The van der Waals surface area contributed by atoms with Crippen molar-refractivity contribution in [1.29, 1.82) is 0 Å². The van der Waals surface area contributed by atoms with Gasteiger partial charge in [-0.15, -0.1) is 0 Å². The lowest BCUT2D eigenvalue weighted by Gasteiger charge is -2.35. The van der Waals surface area contributed by atoms with Crippen LogP contribution in [0.4, 0.5) is 0 Å². The Balaban J connectivity index is 1.66. The number of amides is 1. The summed E-state index contributed by atoms with van der Waals surface area (Å²) in [4.78, 5) is 14.3. The molecule has 21 heavy (non-hydrogen) atoms. The quantitative estimate of drug-likeness (QED) is 0.830. The average molecular weight is 291 g/mol. The molecule has 0 N–H and O–H groups in total. The molecule has 3 rings (SSSR count). The highest BCUT2D eigenvalue weighted by molar-refractivity contribution is 5.80. The second-order valence-corrected chi connectivity index (χ2v) is 5.60. The van der Waals surface area contributed by atoms with Crippen LogP contribution in [0.3, 0.4) is 0 Å². The van der Waals surface area contributed by atoms with Gasteiger partial charge in [0.25, 0.3) is 0 Å². The minimum atomic E-state index is 0.0455. The Kier molecular flexibility index (Phi) is 4.01. The van der Waals surface area contributed by atoms with Crippen LogP contribution in [0.25, 0.3) is 0 Å². The number of likely N-dealkylation sites (N-methyl/N-ethyl adjacent to an activating group) is 1. The summed E-state index contributed by atoms with van der Waals surface area (Å²) >= 11 is 0. The maximum atomic E-state index is 12.4. The van der Waals surface area contributed by atoms with Crippen molar-refractivity contribution in [2.75, 3.05) is 26.6 Å². The Bertz CT molecular complexity index is 527. The van der Waals surface area contributed by atoms with Gasteiger partial charge in [0.05, 0.1) is 19.1 Å². The molecule has 0 saturated carbocycles. The maximum Gasteiger partial charge on any atom is 0.231 e. The lowest BCUT2D eigenvalue weighted by Crippen LogP contribution is -2.48. The summed E-state index contributed by atoms with van der Waals surface area (Å²) < 4.78 is 15.8. The molecule has 1 aromatic rings. The van der Waals surface area contributed by atoms with E-state index in [-0.39, 0.29) is 24.7 Å². The van der Waals surface area contributed by atoms with Crippen LogP contribution in [-0.4, -0.2) is 43.4 Å². The van der Waals surface area contributed by atoms with Crippen LogP contribution >= 0.6 is 0 Å². The second kappa shape index (κ2) is 5.93. The lowest BCUT2D eigenvalue weighted by atomic mass is 10.0. The van der Waals surface area contributed by atoms with Crippen LogP contribution in [-0.2, 0) is 16.0 Å². The van der Waals surface area contributed by atoms with E-state index in [1.165, 1.54) is 0 Å². The van der Waals surface area contributed by atoms with Crippen molar-refractivity contribution in [3.8, 4) is 11.5 Å². The minimum absolute atomic E-state index is 0.0455. The largest absolute Gasteiger partial charge is 0.454 e. The Labute approximate surface area is 124 Å². The molecule has 0 aromatic heterocycles. The second-order valence-electron chi connectivity index (χ2n) is 5.60. The monoisotopic (exact) mass is 291 g/mol. The molecule has 114 valence electrons. The summed E-state index contributed by atoms with van der Waals surface area (Å²) in [6, 6.07) is 6.13. The van der Waals surface area contributed by atoms with Crippen molar-refractivity contribution in [2.24, 2.45) is 5.92 Å². The zero-order valence-electron chi connectivity index (χ0n) is 12.5. The highest BCUT2D eigenvalue weighted by atomic mass is 16.7. The van der Waals surface area contributed by atoms with E-state index in [0.717, 1.165) is 30.0 Å². The van der Waals surface area contributed by atoms with Crippen LogP contribution in [0, 0.1) is 5.92 Å². The highest BCUT2D eigenvalue weighted by Crippen LogP contribution is 2.33. The number of hydrogen-bond donors (Lipinski definition) is 0. The summed E-state index contributed by atoms with van der Waals surface area (Å²) in [6.45, 7) is 6.24. The molecule has 1 amide bonds. The first-order valence-electron chi connectivity index (χ1n) is 7.45. The standard InChI is InChI=1S/C16H21NO4/c1-3-17(16(18)13-8-19-9-13)11(2)6-12-4-5-14-15(7-12)21-10-20-14/h4-5,7,11,13H,3,6,8-10H2,1-2H3. The molecule has 1 aromatic carbocycles. The SMILES string of the molecule is CCN(C(=O)C1COC1)C(C)Cc1ccc2c(c1)OCO2. The average Bonchev–Trinajstić information content (AvgIpc) is 2.84. The van der Waals surface area contributed by atoms with E-state index in [0.29, 0.717) is 13.2 Å². The number of carbonyl (C=O) groups is 1. The van der Waals surface area contributed by atoms with Gasteiger partial charge in [0, 0.05) is 12.6 Å². The molecule has 1 saturated heterocycles. The van der Waals surface area contributed by atoms with Gasteiger partial charge in [-0.05, 0) is 38.0 Å². The summed E-state index contributed by atoms with van der Waals surface area (Å²) in [5.74, 6) is 1.84. The van der Waals surface area contributed by atoms with E-state index in [4.69, 9.17) is 14.2 Å². The van der Waals surface area contributed by atoms with Gasteiger partial charge in [-0.25, -0.2) is 0 Å². The molecule has 5 nitrogen and oxygen atoms in total. The molecule has 0 spiro atoms. The number of ether oxygens (including phenoxy) is 3. The number of rotatable bonds is 5. The first-order valence-corrected chi connectivity index (χ1v) is 7.45.